The molecule has 0 atom stereocenters. The van der Waals surface area contributed by atoms with Gasteiger partial charge in [-0.05, 0) is 37.6 Å². The van der Waals surface area contributed by atoms with Crippen LogP contribution in [0.5, 0.6) is 0 Å². The zero-order chi connectivity index (χ0) is 9.68. The second-order valence-corrected chi connectivity index (χ2v) is 3.08. The summed E-state index contributed by atoms with van der Waals surface area (Å²) in [5.74, 6) is 0.838. The highest BCUT2D eigenvalue weighted by Crippen LogP contribution is 2.10. The van der Waals surface area contributed by atoms with Gasteiger partial charge in [-0.1, -0.05) is 24.3 Å². The Morgan fingerprint density at radius 1 is 1.54 bits per heavy atom. The van der Waals surface area contributed by atoms with Gasteiger partial charge in [-0.15, -0.1) is 0 Å². The largest absolute Gasteiger partial charge is 0.465 e. The Bertz CT molecular complexity index is 314. The number of rotatable bonds is 2. The SMILES string of the molecule is C=C(C)/C=C/C1=CC(C)=CC=CO1. The van der Waals surface area contributed by atoms with Crippen molar-refractivity contribution in [2.24, 2.45) is 0 Å². The standard InChI is InChI=1S/C12H14O/c1-10(2)6-7-12-9-11(3)5-4-8-13-12/h4-9H,1H2,2-3H3/b7-6+. The fourth-order valence-corrected chi connectivity index (χ4v) is 0.927. The van der Waals surface area contributed by atoms with E-state index in [1.165, 1.54) is 5.57 Å². The summed E-state index contributed by atoms with van der Waals surface area (Å²) < 4.78 is 5.32. The summed E-state index contributed by atoms with van der Waals surface area (Å²) in [6.45, 7) is 7.77. The molecule has 0 saturated heterocycles. The molecule has 0 bridgehead atoms. The maximum Gasteiger partial charge on any atom is 0.126 e. The van der Waals surface area contributed by atoms with Crippen LogP contribution in [0.3, 0.4) is 0 Å². The van der Waals surface area contributed by atoms with E-state index in [1.54, 1.807) is 6.26 Å². The van der Waals surface area contributed by atoms with E-state index in [0.29, 0.717) is 0 Å². The van der Waals surface area contributed by atoms with Crippen LogP contribution in [0, 0.1) is 0 Å². The lowest BCUT2D eigenvalue weighted by atomic mass is 10.2. The third kappa shape index (κ3) is 3.61. The van der Waals surface area contributed by atoms with Crippen LogP contribution >= 0.6 is 0 Å². The van der Waals surface area contributed by atoms with Gasteiger partial charge in [0.1, 0.15) is 5.76 Å². The average molecular weight is 174 g/mol. The van der Waals surface area contributed by atoms with E-state index >= 15 is 0 Å². The van der Waals surface area contributed by atoms with Crippen LogP contribution in [-0.4, -0.2) is 0 Å². The summed E-state index contributed by atoms with van der Waals surface area (Å²) >= 11 is 0. The molecule has 0 radical (unpaired) electrons. The molecule has 0 saturated carbocycles. The average Bonchev–Trinajstić information content (AvgIpc) is 2.26. The van der Waals surface area contributed by atoms with Crippen molar-refractivity contribution >= 4 is 0 Å². The van der Waals surface area contributed by atoms with Crippen LogP contribution in [-0.2, 0) is 4.74 Å². The molecule has 1 heterocycles. The molecular formula is C12H14O. The van der Waals surface area contributed by atoms with Gasteiger partial charge in [-0.3, -0.25) is 0 Å². The second-order valence-electron chi connectivity index (χ2n) is 3.08. The van der Waals surface area contributed by atoms with Crippen molar-refractivity contribution in [3.63, 3.8) is 0 Å². The number of hydrogen-bond donors (Lipinski definition) is 0. The molecule has 0 aromatic carbocycles. The summed E-state index contributed by atoms with van der Waals surface area (Å²) in [5.41, 5.74) is 2.19. The van der Waals surface area contributed by atoms with E-state index in [0.717, 1.165) is 11.3 Å². The van der Waals surface area contributed by atoms with Crippen molar-refractivity contribution in [3.8, 4) is 0 Å². The summed E-state index contributed by atoms with van der Waals surface area (Å²) in [5, 5.41) is 0. The highest BCUT2D eigenvalue weighted by Gasteiger charge is 1.94. The Kier molecular flexibility index (Phi) is 3.32. The molecule has 0 spiro atoms. The predicted octanol–water partition coefficient (Wildman–Crippen LogP) is 3.49. The molecule has 0 aliphatic carbocycles. The lowest BCUT2D eigenvalue weighted by molar-refractivity contribution is 0.369. The van der Waals surface area contributed by atoms with Gasteiger partial charge in [0.05, 0.1) is 6.26 Å². The monoisotopic (exact) mass is 174 g/mol. The van der Waals surface area contributed by atoms with Gasteiger partial charge < -0.3 is 4.74 Å². The normalized spacial score (nSPS) is 16.2. The first kappa shape index (κ1) is 9.59. The minimum absolute atomic E-state index is 0.838. The lowest BCUT2D eigenvalue weighted by Gasteiger charge is -1.98. The molecule has 0 amide bonds. The Labute approximate surface area is 79.4 Å². The topological polar surface area (TPSA) is 9.23 Å². The highest BCUT2D eigenvalue weighted by molar-refractivity contribution is 5.32. The Hall–Kier alpha value is -1.50. The molecule has 0 aromatic heterocycles. The molecule has 0 unspecified atom stereocenters. The Morgan fingerprint density at radius 2 is 2.31 bits per heavy atom. The molecule has 0 aromatic rings. The molecular weight excluding hydrogens is 160 g/mol. The van der Waals surface area contributed by atoms with Crippen molar-refractivity contribution in [1.82, 2.24) is 0 Å². The van der Waals surface area contributed by atoms with Crippen molar-refractivity contribution in [1.29, 1.82) is 0 Å². The van der Waals surface area contributed by atoms with E-state index < -0.39 is 0 Å². The van der Waals surface area contributed by atoms with Gasteiger partial charge in [-0.2, -0.15) is 0 Å². The van der Waals surface area contributed by atoms with Crippen LogP contribution in [0.25, 0.3) is 0 Å². The zero-order valence-electron chi connectivity index (χ0n) is 8.08. The number of ether oxygens (including phenoxy) is 1. The first-order valence-electron chi connectivity index (χ1n) is 4.24. The fraction of sp³-hybridized carbons (Fsp3) is 0.167. The van der Waals surface area contributed by atoms with Crippen molar-refractivity contribution < 1.29 is 4.74 Å². The second kappa shape index (κ2) is 4.51. The predicted molar refractivity (Wildman–Crippen MR) is 56.0 cm³/mol. The summed E-state index contributed by atoms with van der Waals surface area (Å²) in [4.78, 5) is 0. The Balaban J connectivity index is 2.76. The van der Waals surface area contributed by atoms with E-state index in [4.69, 9.17) is 4.74 Å². The third-order valence-corrected chi connectivity index (χ3v) is 1.54. The summed E-state index contributed by atoms with van der Waals surface area (Å²) in [7, 11) is 0. The van der Waals surface area contributed by atoms with Crippen LogP contribution < -0.4 is 0 Å². The first-order valence-corrected chi connectivity index (χ1v) is 4.24. The maximum atomic E-state index is 5.32. The lowest BCUT2D eigenvalue weighted by Crippen LogP contribution is -1.80. The smallest absolute Gasteiger partial charge is 0.126 e. The minimum atomic E-state index is 0.838. The maximum absolute atomic E-state index is 5.32. The van der Waals surface area contributed by atoms with Crippen molar-refractivity contribution in [3.05, 3.63) is 60.1 Å². The Morgan fingerprint density at radius 3 is 3.00 bits per heavy atom. The van der Waals surface area contributed by atoms with Gasteiger partial charge in [0.25, 0.3) is 0 Å². The van der Waals surface area contributed by atoms with Gasteiger partial charge in [0, 0.05) is 0 Å². The third-order valence-electron chi connectivity index (χ3n) is 1.54. The highest BCUT2D eigenvalue weighted by atomic mass is 16.5. The quantitative estimate of drug-likeness (QED) is 0.582. The van der Waals surface area contributed by atoms with Crippen LogP contribution in [0.2, 0.25) is 0 Å². The van der Waals surface area contributed by atoms with E-state index in [2.05, 4.69) is 6.58 Å². The van der Waals surface area contributed by atoms with Crippen LogP contribution in [0.1, 0.15) is 13.8 Å². The molecule has 1 nitrogen and oxygen atoms in total. The molecule has 1 rings (SSSR count). The molecule has 1 aliphatic heterocycles. The number of hydrogen-bond acceptors (Lipinski definition) is 1. The van der Waals surface area contributed by atoms with Crippen LogP contribution in [0.4, 0.5) is 0 Å². The number of allylic oxidation sites excluding steroid dienone is 7. The summed E-state index contributed by atoms with van der Waals surface area (Å²) in [6, 6.07) is 0. The van der Waals surface area contributed by atoms with Gasteiger partial charge in [0.15, 0.2) is 0 Å². The van der Waals surface area contributed by atoms with Gasteiger partial charge >= 0.3 is 0 Å². The van der Waals surface area contributed by atoms with Crippen molar-refractivity contribution in [2.45, 2.75) is 13.8 Å². The fourth-order valence-electron chi connectivity index (χ4n) is 0.927. The van der Waals surface area contributed by atoms with E-state index in [-0.39, 0.29) is 0 Å². The minimum Gasteiger partial charge on any atom is -0.465 e. The molecule has 0 fully saturated rings. The zero-order valence-corrected chi connectivity index (χ0v) is 8.08. The van der Waals surface area contributed by atoms with Gasteiger partial charge in [0.2, 0.25) is 0 Å². The molecule has 13 heavy (non-hydrogen) atoms. The van der Waals surface area contributed by atoms with Crippen molar-refractivity contribution in [2.75, 3.05) is 0 Å². The molecule has 68 valence electrons. The molecule has 0 N–H and O–H groups in total. The molecule has 1 aliphatic rings. The van der Waals surface area contributed by atoms with E-state index in [9.17, 15) is 0 Å². The van der Waals surface area contributed by atoms with Crippen LogP contribution in [0.15, 0.2) is 60.1 Å². The summed E-state index contributed by atoms with van der Waals surface area (Å²) in [6.07, 6.45) is 11.4. The van der Waals surface area contributed by atoms with Gasteiger partial charge in [-0.25, -0.2) is 0 Å². The molecule has 1 heteroatoms. The first-order chi connectivity index (χ1) is 6.18. The van der Waals surface area contributed by atoms with E-state index in [1.807, 2.05) is 44.2 Å².